The predicted molar refractivity (Wildman–Crippen MR) is 105 cm³/mol. The summed E-state index contributed by atoms with van der Waals surface area (Å²) in [5.41, 5.74) is 5.40. The molecule has 140 valence electrons. The molecule has 27 heavy (non-hydrogen) atoms. The van der Waals surface area contributed by atoms with Gasteiger partial charge in [-0.3, -0.25) is 4.79 Å². The zero-order valence-corrected chi connectivity index (χ0v) is 16.1. The molecule has 0 saturated carbocycles. The van der Waals surface area contributed by atoms with E-state index in [2.05, 4.69) is 28.0 Å². The quantitative estimate of drug-likeness (QED) is 0.645. The van der Waals surface area contributed by atoms with Gasteiger partial charge >= 0.3 is 0 Å². The first-order valence-electron chi connectivity index (χ1n) is 9.61. The van der Waals surface area contributed by atoms with Crippen LogP contribution in [0, 0.1) is 6.92 Å². The molecule has 2 aliphatic rings. The molecule has 1 aromatic carbocycles. The Bertz CT molecular complexity index is 1040. The zero-order chi connectivity index (χ0) is 18.5. The number of ether oxygens (including phenoxy) is 1. The van der Waals surface area contributed by atoms with Gasteiger partial charge in [-0.05, 0) is 38.2 Å². The minimum Gasteiger partial charge on any atom is -0.357 e. The van der Waals surface area contributed by atoms with Crippen LogP contribution < -0.4 is 0 Å². The molecule has 0 N–H and O–H groups in total. The Morgan fingerprint density at radius 1 is 1.26 bits per heavy atom. The normalized spacial score (nSPS) is 20.2. The Hall–Kier alpha value is -2.11. The Labute approximate surface area is 162 Å². The summed E-state index contributed by atoms with van der Waals surface area (Å²) in [7, 11) is 0. The number of ketones is 1. The molecule has 3 aromatic rings. The van der Waals surface area contributed by atoms with Crippen molar-refractivity contribution >= 4 is 28.3 Å². The minimum atomic E-state index is 0.0182. The Balaban J connectivity index is 1.68. The minimum absolute atomic E-state index is 0.0182. The maximum absolute atomic E-state index is 12.1. The molecule has 2 aromatic heterocycles. The second kappa shape index (κ2) is 6.50. The van der Waals surface area contributed by atoms with Crippen LogP contribution in [0.2, 0.25) is 5.02 Å². The summed E-state index contributed by atoms with van der Waals surface area (Å²) in [5.74, 6) is 0.259. The molecule has 1 fully saturated rings. The van der Waals surface area contributed by atoms with Crippen LogP contribution in [-0.2, 0) is 22.5 Å². The number of rotatable bonds is 2. The highest BCUT2D eigenvalue weighted by atomic mass is 35.5. The summed E-state index contributed by atoms with van der Waals surface area (Å²) in [5, 5.41) is 6.42. The summed E-state index contributed by atoms with van der Waals surface area (Å²) in [6, 6.07) is 4.17. The number of carbonyl (C=O) groups excluding carboxylic acids is 1. The van der Waals surface area contributed by atoms with Crippen molar-refractivity contribution in [2.75, 3.05) is 6.61 Å². The van der Waals surface area contributed by atoms with Gasteiger partial charge in [-0.15, -0.1) is 0 Å². The third-order valence-corrected chi connectivity index (χ3v) is 6.26. The van der Waals surface area contributed by atoms with Gasteiger partial charge in [0.1, 0.15) is 6.23 Å². The van der Waals surface area contributed by atoms with Crippen molar-refractivity contribution in [1.29, 1.82) is 0 Å². The first-order valence-corrected chi connectivity index (χ1v) is 9.99. The number of carbonyl (C=O) groups is 1. The van der Waals surface area contributed by atoms with E-state index < -0.39 is 0 Å². The average Bonchev–Trinajstić information content (AvgIpc) is 3.28. The van der Waals surface area contributed by atoms with Crippen molar-refractivity contribution in [2.24, 2.45) is 0 Å². The highest BCUT2D eigenvalue weighted by Crippen LogP contribution is 2.41. The third-order valence-electron chi connectivity index (χ3n) is 5.78. The van der Waals surface area contributed by atoms with Gasteiger partial charge < -0.3 is 9.30 Å². The zero-order valence-electron chi connectivity index (χ0n) is 15.4. The highest BCUT2D eigenvalue weighted by molar-refractivity contribution is 6.36. The van der Waals surface area contributed by atoms with E-state index in [1.54, 1.807) is 0 Å². The Morgan fingerprint density at radius 3 is 2.96 bits per heavy atom. The molecule has 1 atom stereocenters. The van der Waals surface area contributed by atoms with Crippen molar-refractivity contribution in [2.45, 2.75) is 51.8 Å². The van der Waals surface area contributed by atoms with Gasteiger partial charge in [0.25, 0.3) is 0 Å². The van der Waals surface area contributed by atoms with E-state index in [0.717, 1.165) is 58.5 Å². The van der Waals surface area contributed by atoms with Gasteiger partial charge in [0.2, 0.25) is 0 Å². The fraction of sp³-hybridized carbons (Fsp3) is 0.429. The van der Waals surface area contributed by atoms with Crippen molar-refractivity contribution in [1.82, 2.24) is 14.3 Å². The van der Waals surface area contributed by atoms with Crippen LogP contribution >= 0.6 is 11.6 Å². The van der Waals surface area contributed by atoms with E-state index in [1.165, 1.54) is 12.1 Å². The van der Waals surface area contributed by atoms with Gasteiger partial charge in [-0.25, -0.2) is 4.68 Å². The van der Waals surface area contributed by atoms with Crippen LogP contribution in [0.5, 0.6) is 0 Å². The largest absolute Gasteiger partial charge is 0.357 e. The molecule has 4 heterocycles. The highest BCUT2D eigenvalue weighted by Gasteiger charge is 2.27. The first-order chi connectivity index (χ1) is 13.1. The number of fused-ring (bicyclic) bond motifs is 3. The summed E-state index contributed by atoms with van der Waals surface area (Å²) < 4.78 is 9.92. The van der Waals surface area contributed by atoms with Crippen LogP contribution in [0.25, 0.3) is 22.0 Å². The van der Waals surface area contributed by atoms with Gasteiger partial charge in [0, 0.05) is 41.4 Å². The summed E-state index contributed by atoms with van der Waals surface area (Å²) in [6.07, 6.45) is 8.62. The van der Waals surface area contributed by atoms with Crippen LogP contribution in [0.3, 0.4) is 0 Å². The number of Topliss-reactive ketones (excluding diaryl/α,β-unsaturated/α-hetero) is 1. The van der Waals surface area contributed by atoms with Crippen LogP contribution in [0.1, 0.15) is 43.2 Å². The molecule has 0 radical (unpaired) electrons. The molecule has 0 spiro atoms. The number of aromatic nitrogens is 3. The number of benzene rings is 1. The van der Waals surface area contributed by atoms with Crippen molar-refractivity contribution < 1.29 is 9.53 Å². The average molecular weight is 384 g/mol. The number of hydrogen-bond donors (Lipinski definition) is 0. The fourth-order valence-electron chi connectivity index (χ4n) is 4.38. The lowest BCUT2D eigenvalue weighted by molar-refractivity contribution is -0.120. The van der Waals surface area contributed by atoms with E-state index in [9.17, 15) is 4.79 Å². The van der Waals surface area contributed by atoms with E-state index in [4.69, 9.17) is 16.3 Å². The molecule has 0 bridgehead atoms. The second-order valence-electron chi connectivity index (χ2n) is 7.57. The number of aryl methyl sites for hydroxylation is 1. The summed E-state index contributed by atoms with van der Waals surface area (Å²) in [4.78, 5) is 12.1. The standard InChI is InChI=1S/C21H22ClN3O2/c1-13-5-7-16-19(14-10-23-25(11-14)18-4-2-3-9-27-18)17-8-6-15(26)12-24(17)21(16)20(13)22/h5,7,10-11,18H,2-4,6,8-9,12H2,1H3. The molecular formula is C21H22ClN3O2. The van der Waals surface area contributed by atoms with Gasteiger partial charge in [-0.1, -0.05) is 23.7 Å². The predicted octanol–water partition coefficient (Wildman–Crippen LogP) is 4.68. The lowest BCUT2D eigenvalue weighted by atomic mass is 10.0. The molecule has 1 unspecified atom stereocenters. The Kier molecular flexibility index (Phi) is 4.10. The third kappa shape index (κ3) is 2.72. The first kappa shape index (κ1) is 17.0. The van der Waals surface area contributed by atoms with E-state index >= 15 is 0 Å². The van der Waals surface area contributed by atoms with Gasteiger partial charge in [-0.2, -0.15) is 5.10 Å². The second-order valence-corrected chi connectivity index (χ2v) is 7.95. The monoisotopic (exact) mass is 383 g/mol. The SMILES string of the molecule is Cc1ccc2c(-c3cnn(C4CCCCO4)c3)c3n(c2c1Cl)CC(=O)CC3. The van der Waals surface area contributed by atoms with Gasteiger partial charge in [0.15, 0.2) is 5.78 Å². The number of halogens is 1. The summed E-state index contributed by atoms with van der Waals surface area (Å²) in [6.45, 7) is 3.20. The van der Waals surface area contributed by atoms with E-state index in [-0.39, 0.29) is 12.0 Å². The van der Waals surface area contributed by atoms with Crippen LogP contribution in [0.4, 0.5) is 0 Å². The number of hydrogen-bond acceptors (Lipinski definition) is 3. The molecule has 6 heteroatoms. The molecule has 0 amide bonds. The molecule has 5 nitrogen and oxygen atoms in total. The molecular weight excluding hydrogens is 362 g/mol. The molecule has 2 aliphatic heterocycles. The lowest BCUT2D eigenvalue weighted by Gasteiger charge is -2.22. The van der Waals surface area contributed by atoms with Gasteiger partial charge in [0.05, 0.1) is 23.3 Å². The maximum Gasteiger partial charge on any atom is 0.152 e. The lowest BCUT2D eigenvalue weighted by Crippen LogP contribution is -2.19. The topological polar surface area (TPSA) is 49.0 Å². The van der Waals surface area contributed by atoms with Crippen LogP contribution in [-0.4, -0.2) is 26.7 Å². The summed E-state index contributed by atoms with van der Waals surface area (Å²) >= 11 is 6.67. The van der Waals surface area contributed by atoms with Crippen molar-refractivity contribution in [3.05, 3.63) is 40.8 Å². The van der Waals surface area contributed by atoms with E-state index in [0.29, 0.717) is 13.0 Å². The molecule has 5 rings (SSSR count). The van der Waals surface area contributed by atoms with Crippen molar-refractivity contribution in [3.63, 3.8) is 0 Å². The van der Waals surface area contributed by atoms with Crippen molar-refractivity contribution in [3.8, 4) is 11.1 Å². The Morgan fingerprint density at radius 2 is 2.15 bits per heavy atom. The number of nitrogens with zero attached hydrogens (tertiary/aromatic N) is 3. The fourth-order valence-corrected chi connectivity index (χ4v) is 4.65. The molecule has 1 saturated heterocycles. The molecule has 0 aliphatic carbocycles. The van der Waals surface area contributed by atoms with E-state index in [1.807, 2.05) is 17.8 Å². The smallest absolute Gasteiger partial charge is 0.152 e. The maximum atomic E-state index is 12.1. The van der Waals surface area contributed by atoms with Crippen LogP contribution in [0.15, 0.2) is 24.5 Å².